The minimum atomic E-state index is 0. The quantitative estimate of drug-likeness (QED) is 0.216. The van der Waals surface area contributed by atoms with Crippen LogP contribution in [0.4, 0.5) is 0 Å². The summed E-state index contributed by atoms with van der Waals surface area (Å²) in [4.78, 5) is 0. The fourth-order valence-corrected chi connectivity index (χ4v) is 0. The minimum absolute atomic E-state index is 0. The van der Waals surface area contributed by atoms with Crippen molar-refractivity contribution in [3.8, 4) is 0 Å². The van der Waals surface area contributed by atoms with E-state index in [0.717, 1.165) is 0 Å². The third-order valence-corrected chi connectivity index (χ3v) is 0. The van der Waals surface area contributed by atoms with Crippen molar-refractivity contribution in [1.82, 2.24) is 0 Å². The van der Waals surface area contributed by atoms with Gasteiger partial charge in [-0.3, -0.25) is 3.53 Å². The Morgan fingerprint density at radius 2 is 1.00 bits per heavy atom. The molecule has 7 heteroatoms. The Bertz CT molecular complexity index is 38.3. The number of rotatable bonds is 0. The molecular formula is CH4Na2O2S3. The van der Waals surface area contributed by atoms with Crippen LogP contribution in [0.25, 0.3) is 0 Å². The number of hydrogen-bond acceptors (Lipinski definition) is 3. The van der Waals surface area contributed by atoms with E-state index in [1.54, 1.807) is 0 Å². The first-order valence-electron chi connectivity index (χ1n) is 0.612. The minimum Gasteiger partial charge on any atom is -0.570 e. The maximum Gasteiger partial charge on any atom is 1.00 e. The number of hydrogen-bond donors (Lipinski definition) is 0. The molecule has 0 aliphatic heterocycles. The molecule has 0 aromatic carbocycles. The first-order valence-corrected chi connectivity index (χ1v) is 1.84. The summed E-state index contributed by atoms with van der Waals surface area (Å²) in [7, 11) is 0. The molecule has 0 fully saturated rings. The van der Waals surface area contributed by atoms with Gasteiger partial charge >= 0.3 is 59.1 Å². The van der Waals surface area contributed by atoms with Crippen molar-refractivity contribution in [2.24, 2.45) is 0 Å². The molecule has 0 aliphatic carbocycles. The molecule has 0 rings (SSSR count). The van der Waals surface area contributed by atoms with Crippen LogP contribution < -0.4 is 59.1 Å². The Balaban J connectivity index is -0.00000000750. The zero-order valence-corrected chi connectivity index (χ0v) is 11.2. The van der Waals surface area contributed by atoms with E-state index in [-0.39, 0.29) is 73.6 Å². The summed E-state index contributed by atoms with van der Waals surface area (Å²) < 4.78 is 0.167. The third kappa shape index (κ3) is 78.1. The molecule has 40 valence electrons. The van der Waals surface area contributed by atoms with E-state index in [2.05, 4.69) is 37.5 Å². The van der Waals surface area contributed by atoms with Gasteiger partial charge in [0.25, 0.3) is 0 Å². The molecule has 0 unspecified atom stereocenters. The predicted molar refractivity (Wildman–Crippen MR) is 34.6 cm³/mol. The van der Waals surface area contributed by atoms with Crippen LogP contribution in [0.2, 0.25) is 0 Å². The fourth-order valence-electron chi connectivity index (χ4n) is 0. The summed E-state index contributed by atoms with van der Waals surface area (Å²) in [5.41, 5.74) is 0. The SMILES string of the molecule is O.O.S=C([S-])[S-].[Na+].[Na+]. The van der Waals surface area contributed by atoms with Crippen LogP contribution in [-0.4, -0.2) is 14.5 Å². The Morgan fingerprint density at radius 3 is 1.00 bits per heavy atom. The molecule has 0 spiro atoms. The van der Waals surface area contributed by atoms with Gasteiger partial charge in [-0.25, -0.2) is 0 Å². The van der Waals surface area contributed by atoms with Crippen molar-refractivity contribution in [3.05, 3.63) is 0 Å². The van der Waals surface area contributed by atoms with E-state index in [9.17, 15) is 0 Å². The molecule has 0 bridgehead atoms. The Labute approximate surface area is 109 Å². The molecule has 0 radical (unpaired) electrons. The molecule has 2 nitrogen and oxygen atoms in total. The van der Waals surface area contributed by atoms with E-state index in [1.165, 1.54) is 0 Å². The molecule has 0 amide bonds. The summed E-state index contributed by atoms with van der Waals surface area (Å²) in [6.07, 6.45) is 0. The van der Waals surface area contributed by atoms with Gasteiger partial charge in [-0.05, 0) is 0 Å². The van der Waals surface area contributed by atoms with Crippen LogP contribution in [0.15, 0.2) is 0 Å². The Morgan fingerprint density at radius 1 is 1.00 bits per heavy atom. The van der Waals surface area contributed by atoms with Gasteiger partial charge in [-0.2, -0.15) is 0 Å². The van der Waals surface area contributed by atoms with Crippen LogP contribution in [0.3, 0.4) is 0 Å². The molecular weight excluding hydrogens is 186 g/mol. The van der Waals surface area contributed by atoms with Crippen molar-refractivity contribution >= 4 is 41.0 Å². The van der Waals surface area contributed by atoms with Crippen LogP contribution in [0.5, 0.6) is 0 Å². The van der Waals surface area contributed by atoms with Crippen molar-refractivity contribution in [2.75, 3.05) is 0 Å². The largest absolute Gasteiger partial charge is 1.00 e. The van der Waals surface area contributed by atoms with Gasteiger partial charge in [0, 0.05) is 0 Å². The van der Waals surface area contributed by atoms with Crippen molar-refractivity contribution < 1.29 is 70.1 Å². The second-order valence-electron chi connectivity index (χ2n) is 0.250. The van der Waals surface area contributed by atoms with Gasteiger partial charge in [0.05, 0.1) is 0 Å². The maximum atomic E-state index is 4.17. The average molecular weight is 190 g/mol. The summed E-state index contributed by atoms with van der Waals surface area (Å²) >= 11 is 12.5. The van der Waals surface area contributed by atoms with Crippen LogP contribution >= 0.6 is 12.2 Å². The first kappa shape index (κ1) is 31.4. The van der Waals surface area contributed by atoms with E-state index < -0.39 is 0 Å². The third-order valence-electron chi connectivity index (χ3n) is 0. The van der Waals surface area contributed by atoms with Gasteiger partial charge in [-0.15, -0.1) is 0 Å². The number of thiocarbonyl (C=S) groups is 1. The van der Waals surface area contributed by atoms with E-state index in [0.29, 0.717) is 0 Å². The van der Waals surface area contributed by atoms with Crippen LogP contribution in [0, 0.1) is 0 Å². The Kier molecular flexibility index (Phi) is 89.2. The fraction of sp³-hybridized carbons (Fsp3) is 0. The second-order valence-corrected chi connectivity index (χ2v) is 2.25. The standard InChI is InChI=1S/CH2S3.2Na.2H2O/c2-1(3)4;;;;/h(H2,2,3,4);;;2*1H2/q;2*+1;;/p-2. The predicted octanol–water partition coefficient (Wildman–Crippen LogP) is -7.28. The van der Waals surface area contributed by atoms with E-state index in [1.807, 2.05) is 0 Å². The summed E-state index contributed by atoms with van der Waals surface area (Å²) in [5, 5.41) is 0. The first-order chi connectivity index (χ1) is 1.73. The summed E-state index contributed by atoms with van der Waals surface area (Å²) in [5.74, 6) is 0. The molecule has 0 aromatic rings. The zero-order valence-electron chi connectivity index (χ0n) is 4.72. The van der Waals surface area contributed by atoms with Crippen molar-refractivity contribution in [3.63, 3.8) is 0 Å². The van der Waals surface area contributed by atoms with Crippen molar-refractivity contribution in [2.45, 2.75) is 0 Å². The summed E-state index contributed by atoms with van der Waals surface area (Å²) in [6, 6.07) is 0. The molecule has 0 heterocycles. The van der Waals surface area contributed by atoms with Crippen molar-refractivity contribution in [1.29, 1.82) is 0 Å². The smallest absolute Gasteiger partial charge is 0.570 e. The van der Waals surface area contributed by atoms with Crippen LogP contribution in [0.1, 0.15) is 0 Å². The van der Waals surface area contributed by atoms with Gasteiger partial charge < -0.3 is 48.4 Å². The average Bonchev–Trinajstić information content (AvgIpc) is 0.811. The van der Waals surface area contributed by atoms with Gasteiger partial charge in [0.2, 0.25) is 0 Å². The molecule has 0 saturated heterocycles. The van der Waals surface area contributed by atoms with Crippen LogP contribution in [-0.2, 0) is 25.3 Å². The molecule has 0 saturated carbocycles. The van der Waals surface area contributed by atoms with Gasteiger partial charge in [0.15, 0.2) is 0 Å². The molecule has 0 atom stereocenters. The topological polar surface area (TPSA) is 63.0 Å². The molecule has 4 N–H and O–H groups in total. The monoisotopic (exact) mass is 190 g/mol. The zero-order chi connectivity index (χ0) is 3.58. The van der Waals surface area contributed by atoms with E-state index in [4.69, 9.17) is 0 Å². The molecule has 0 aliphatic rings. The maximum absolute atomic E-state index is 4.17. The molecule has 0 aromatic heterocycles. The van der Waals surface area contributed by atoms with Gasteiger partial charge in [-0.1, -0.05) is 0 Å². The summed E-state index contributed by atoms with van der Waals surface area (Å²) in [6.45, 7) is 0. The molecule has 8 heavy (non-hydrogen) atoms. The normalized spacial score (nSPS) is 3.00. The van der Waals surface area contributed by atoms with E-state index >= 15 is 0 Å². The Hall–Kier alpha value is 2.45. The van der Waals surface area contributed by atoms with Gasteiger partial charge in [0.1, 0.15) is 0 Å². The second kappa shape index (κ2) is 22.7.